The molecule has 0 spiro atoms. The average Bonchev–Trinajstić information content (AvgIpc) is 3.27. The van der Waals surface area contributed by atoms with E-state index in [0.717, 1.165) is 17.4 Å². The van der Waals surface area contributed by atoms with Crippen LogP contribution in [0.2, 0.25) is 0 Å². The van der Waals surface area contributed by atoms with E-state index in [1.54, 1.807) is 4.68 Å². The first-order valence-electron chi connectivity index (χ1n) is 8.69. The van der Waals surface area contributed by atoms with Gasteiger partial charge < -0.3 is 10.6 Å². The lowest BCUT2D eigenvalue weighted by Gasteiger charge is -2.17. The second-order valence-electron chi connectivity index (χ2n) is 6.67. The summed E-state index contributed by atoms with van der Waals surface area (Å²) < 4.78 is 1.78. The highest BCUT2D eigenvalue weighted by atomic mass is 16.2. The quantitative estimate of drug-likeness (QED) is 0.796. The normalized spacial score (nSPS) is 20.3. The van der Waals surface area contributed by atoms with Crippen LogP contribution in [0.1, 0.15) is 11.5 Å². The fraction of sp³-hybridized carbons (Fsp3) is 0.300. The van der Waals surface area contributed by atoms with Gasteiger partial charge >= 0.3 is 0 Å². The summed E-state index contributed by atoms with van der Waals surface area (Å²) in [5.74, 6) is 0.718. The van der Waals surface area contributed by atoms with Gasteiger partial charge in [0.2, 0.25) is 5.91 Å². The van der Waals surface area contributed by atoms with Gasteiger partial charge in [-0.25, -0.2) is 0 Å². The minimum absolute atomic E-state index is 0.103. The molecule has 5 heteroatoms. The molecule has 1 fully saturated rings. The van der Waals surface area contributed by atoms with Crippen molar-refractivity contribution in [3.8, 4) is 0 Å². The molecule has 4 rings (SSSR count). The van der Waals surface area contributed by atoms with Crippen LogP contribution >= 0.6 is 0 Å². The second kappa shape index (κ2) is 6.69. The van der Waals surface area contributed by atoms with Crippen LogP contribution in [-0.4, -0.2) is 40.2 Å². The Hall–Kier alpha value is -2.66. The molecule has 2 N–H and O–H groups in total. The van der Waals surface area contributed by atoms with E-state index in [1.807, 2.05) is 53.6 Å². The second-order valence-corrected chi connectivity index (χ2v) is 6.67. The number of rotatable bonds is 4. The number of fused-ring (bicyclic) bond motifs is 1. The van der Waals surface area contributed by atoms with Crippen LogP contribution < -0.4 is 5.73 Å². The molecular weight excluding hydrogens is 312 g/mol. The van der Waals surface area contributed by atoms with Gasteiger partial charge in [0, 0.05) is 24.4 Å². The number of nitrogens with two attached hydrogens (primary N) is 1. The molecule has 128 valence electrons. The molecule has 5 nitrogen and oxygen atoms in total. The Kier molecular flexibility index (Phi) is 4.24. The van der Waals surface area contributed by atoms with Gasteiger partial charge in [-0.1, -0.05) is 48.5 Å². The standard InChI is InChI=1S/C20H22N4O/c21-10-17-12-23(13-18(17)15-6-2-1-3-7-15)20(25)14-24-19-9-5-4-8-16(19)11-22-24/h1-9,11,17-18H,10,12-14,21H2/t17-,18+/m1/s1. The summed E-state index contributed by atoms with van der Waals surface area (Å²) >= 11 is 0. The molecule has 1 aliphatic rings. The van der Waals surface area contributed by atoms with Gasteiger partial charge in [0.05, 0.1) is 11.7 Å². The highest BCUT2D eigenvalue weighted by molar-refractivity contribution is 5.82. The molecule has 3 aromatic rings. The largest absolute Gasteiger partial charge is 0.340 e. The molecule has 2 atom stereocenters. The number of carbonyl (C=O) groups is 1. The Morgan fingerprint density at radius 3 is 2.64 bits per heavy atom. The zero-order valence-corrected chi connectivity index (χ0v) is 14.1. The molecule has 0 bridgehead atoms. The van der Waals surface area contributed by atoms with Crippen molar-refractivity contribution in [2.24, 2.45) is 11.7 Å². The molecule has 1 aliphatic heterocycles. The van der Waals surface area contributed by atoms with Crippen molar-refractivity contribution >= 4 is 16.8 Å². The monoisotopic (exact) mass is 334 g/mol. The van der Waals surface area contributed by atoms with Gasteiger partial charge in [0.1, 0.15) is 6.54 Å². The summed E-state index contributed by atoms with van der Waals surface area (Å²) in [6.07, 6.45) is 1.81. The third-order valence-electron chi connectivity index (χ3n) is 5.16. The number of para-hydroxylation sites is 1. The summed E-state index contributed by atoms with van der Waals surface area (Å²) in [5.41, 5.74) is 8.23. The van der Waals surface area contributed by atoms with E-state index in [1.165, 1.54) is 5.56 Å². The maximum atomic E-state index is 12.8. The average molecular weight is 334 g/mol. The summed E-state index contributed by atoms with van der Waals surface area (Å²) in [7, 11) is 0. The molecule has 0 unspecified atom stereocenters. The maximum absolute atomic E-state index is 12.8. The molecule has 1 saturated heterocycles. The molecule has 25 heavy (non-hydrogen) atoms. The number of amides is 1. The van der Waals surface area contributed by atoms with Crippen LogP contribution in [-0.2, 0) is 11.3 Å². The summed E-state index contributed by atoms with van der Waals surface area (Å²) in [6, 6.07) is 18.3. The third-order valence-corrected chi connectivity index (χ3v) is 5.16. The van der Waals surface area contributed by atoms with Crippen LogP contribution in [0.3, 0.4) is 0 Å². The number of hydrogen-bond donors (Lipinski definition) is 1. The summed E-state index contributed by atoms with van der Waals surface area (Å²) in [4.78, 5) is 14.8. The molecular formula is C20H22N4O. The van der Waals surface area contributed by atoms with Crippen molar-refractivity contribution < 1.29 is 4.79 Å². The Balaban J connectivity index is 1.51. The first-order valence-corrected chi connectivity index (χ1v) is 8.69. The molecule has 1 aromatic heterocycles. The summed E-state index contributed by atoms with van der Waals surface area (Å²) in [6.45, 7) is 2.30. The van der Waals surface area contributed by atoms with E-state index >= 15 is 0 Å². The number of likely N-dealkylation sites (tertiary alicyclic amines) is 1. The Bertz CT molecular complexity index is 874. The number of hydrogen-bond acceptors (Lipinski definition) is 3. The molecule has 0 saturated carbocycles. The lowest BCUT2D eigenvalue weighted by atomic mass is 9.89. The zero-order chi connectivity index (χ0) is 17.2. The lowest BCUT2D eigenvalue weighted by Crippen LogP contribution is -2.33. The smallest absolute Gasteiger partial charge is 0.244 e. The number of aromatic nitrogens is 2. The van der Waals surface area contributed by atoms with E-state index in [-0.39, 0.29) is 12.5 Å². The van der Waals surface area contributed by atoms with Gasteiger partial charge in [-0.05, 0) is 24.1 Å². The van der Waals surface area contributed by atoms with Crippen LogP contribution in [0.5, 0.6) is 0 Å². The first kappa shape index (κ1) is 15.8. The van der Waals surface area contributed by atoms with Crippen molar-refractivity contribution in [3.05, 3.63) is 66.4 Å². The topological polar surface area (TPSA) is 64.2 Å². The molecule has 2 aromatic carbocycles. The fourth-order valence-electron chi connectivity index (χ4n) is 3.77. The van der Waals surface area contributed by atoms with Crippen molar-refractivity contribution in [2.75, 3.05) is 19.6 Å². The number of benzene rings is 2. The first-order chi connectivity index (χ1) is 12.3. The van der Waals surface area contributed by atoms with Crippen molar-refractivity contribution in [1.82, 2.24) is 14.7 Å². The van der Waals surface area contributed by atoms with Crippen LogP contribution in [0.15, 0.2) is 60.8 Å². The third kappa shape index (κ3) is 3.03. The summed E-state index contributed by atoms with van der Waals surface area (Å²) in [5, 5.41) is 5.42. The lowest BCUT2D eigenvalue weighted by molar-refractivity contribution is -0.131. The Labute approximate surface area is 147 Å². The van der Waals surface area contributed by atoms with Gasteiger partial charge in [-0.15, -0.1) is 0 Å². The van der Waals surface area contributed by atoms with Gasteiger partial charge in [-0.2, -0.15) is 5.10 Å². The van der Waals surface area contributed by atoms with Crippen molar-refractivity contribution in [3.63, 3.8) is 0 Å². The van der Waals surface area contributed by atoms with Crippen LogP contribution in [0.4, 0.5) is 0 Å². The minimum atomic E-state index is 0.103. The van der Waals surface area contributed by atoms with E-state index in [4.69, 9.17) is 5.73 Å². The molecule has 0 aliphatic carbocycles. The fourth-order valence-corrected chi connectivity index (χ4v) is 3.77. The van der Waals surface area contributed by atoms with Crippen LogP contribution in [0, 0.1) is 5.92 Å². The van der Waals surface area contributed by atoms with E-state index < -0.39 is 0 Å². The Morgan fingerprint density at radius 2 is 1.84 bits per heavy atom. The van der Waals surface area contributed by atoms with E-state index in [9.17, 15) is 4.79 Å². The predicted octanol–water partition coefficient (Wildman–Crippen LogP) is 2.24. The van der Waals surface area contributed by atoms with Crippen molar-refractivity contribution in [1.29, 1.82) is 0 Å². The van der Waals surface area contributed by atoms with E-state index in [2.05, 4.69) is 17.2 Å². The molecule has 0 radical (unpaired) electrons. The van der Waals surface area contributed by atoms with Gasteiger partial charge in [0.25, 0.3) is 0 Å². The van der Waals surface area contributed by atoms with Crippen molar-refractivity contribution in [2.45, 2.75) is 12.5 Å². The number of carbonyl (C=O) groups excluding carboxylic acids is 1. The maximum Gasteiger partial charge on any atom is 0.244 e. The van der Waals surface area contributed by atoms with Crippen LogP contribution in [0.25, 0.3) is 10.9 Å². The van der Waals surface area contributed by atoms with Gasteiger partial charge in [-0.3, -0.25) is 9.48 Å². The SMILES string of the molecule is NC[C@@H]1CN(C(=O)Cn2ncc3ccccc32)C[C@H]1c1ccccc1. The zero-order valence-electron chi connectivity index (χ0n) is 14.1. The molecule has 1 amide bonds. The Morgan fingerprint density at radius 1 is 1.08 bits per heavy atom. The highest BCUT2D eigenvalue weighted by Crippen LogP contribution is 2.32. The van der Waals surface area contributed by atoms with Gasteiger partial charge in [0.15, 0.2) is 0 Å². The molecule has 2 heterocycles. The predicted molar refractivity (Wildman–Crippen MR) is 98.0 cm³/mol. The highest BCUT2D eigenvalue weighted by Gasteiger charge is 2.35. The minimum Gasteiger partial charge on any atom is -0.340 e. The number of nitrogens with zero attached hydrogens (tertiary/aromatic N) is 3. The van der Waals surface area contributed by atoms with E-state index in [0.29, 0.717) is 24.9 Å².